The summed E-state index contributed by atoms with van der Waals surface area (Å²) in [5, 5.41) is 11.5. The van der Waals surface area contributed by atoms with Gasteiger partial charge in [0.05, 0.1) is 4.92 Å². The van der Waals surface area contributed by atoms with E-state index in [4.69, 9.17) is 4.74 Å². The van der Waals surface area contributed by atoms with E-state index in [0.717, 1.165) is 5.56 Å². The van der Waals surface area contributed by atoms with Crippen LogP contribution in [-0.2, 0) is 5.33 Å². The van der Waals surface area contributed by atoms with Crippen LogP contribution in [0.1, 0.15) is 11.1 Å². The molecule has 0 heterocycles. The molecule has 0 aliphatic carbocycles. The Labute approximate surface area is 123 Å². The lowest BCUT2D eigenvalue weighted by Gasteiger charge is -2.10. The zero-order valence-corrected chi connectivity index (χ0v) is 12.2. The van der Waals surface area contributed by atoms with E-state index in [1.165, 1.54) is 18.2 Å². The molecule has 0 saturated carbocycles. The van der Waals surface area contributed by atoms with Gasteiger partial charge in [0.15, 0.2) is 11.6 Å². The minimum Gasteiger partial charge on any atom is -0.447 e. The molecule has 0 aliphatic heterocycles. The zero-order chi connectivity index (χ0) is 14.7. The largest absolute Gasteiger partial charge is 0.447 e. The minimum atomic E-state index is -0.556. The number of hydrogen-bond donors (Lipinski definition) is 0. The van der Waals surface area contributed by atoms with E-state index in [9.17, 15) is 14.5 Å². The average Bonchev–Trinajstić information content (AvgIpc) is 2.42. The molecular formula is C14H11BrFNO3. The van der Waals surface area contributed by atoms with Gasteiger partial charge in [0.1, 0.15) is 0 Å². The maximum Gasteiger partial charge on any atom is 0.311 e. The lowest BCUT2D eigenvalue weighted by Crippen LogP contribution is -1.97. The summed E-state index contributed by atoms with van der Waals surface area (Å²) < 4.78 is 19.3. The van der Waals surface area contributed by atoms with E-state index in [1.807, 2.05) is 0 Å². The van der Waals surface area contributed by atoms with Crippen LogP contribution in [0.4, 0.5) is 10.1 Å². The van der Waals surface area contributed by atoms with E-state index in [-0.39, 0.29) is 17.2 Å². The molecule has 0 fully saturated rings. The molecule has 2 rings (SSSR count). The zero-order valence-electron chi connectivity index (χ0n) is 10.6. The number of nitrogens with zero attached hydrogens (tertiary/aromatic N) is 1. The highest BCUT2D eigenvalue weighted by Gasteiger charge is 2.19. The van der Waals surface area contributed by atoms with Gasteiger partial charge >= 0.3 is 5.69 Å². The first-order valence-electron chi connectivity index (χ1n) is 5.79. The molecule has 2 aromatic rings. The molecule has 4 nitrogen and oxygen atoms in total. The van der Waals surface area contributed by atoms with Gasteiger partial charge in [-0.25, -0.2) is 4.39 Å². The minimum absolute atomic E-state index is 0.0351. The van der Waals surface area contributed by atoms with Crippen molar-refractivity contribution in [1.82, 2.24) is 0 Å². The topological polar surface area (TPSA) is 52.4 Å². The fraction of sp³-hybridized carbons (Fsp3) is 0.143. The molecule has 2 aromatic carbocycles. The molecule has 0 N–H and O–H groups in total. The third-order valence-electron chi connectivity index (χ3n) is 2.75. The summed E-state index contributed by atoms with van der Waals surface area (Å²) >= 11 is 3.23. The van der Waals surface area contributed by atoms with Gasteiger partial charge in [-0.15, -0.1) is 0 Å². The molecule has 0 radical (unpaired) electrons. The number of nitro groups is 1. The van der Waals surface area contributed by atoms with Crippen molar-refractivity contribution in [3.63, 3.8) is 0 Å². The van der Waals surface area contributed by atoms with Crippen molar-refractivity contribution in [2.24, 2.45) is 0 Å². The Kier molecular flexibility index (Phi) is 4.34. The average molecular weight is 340 g/mol. The van der Waals surface area contributed by atoms with Crippen LogP contribution in [-0.4, -0.2) is 4.92 Å². The molecule has 0 aromatic heterocycles. The molecule has 104 valence electrons. The van der Waals surface area contributed by atoms with Crippen molar-refractivity contribution in [1.29, 1.82) is 0 Å². The molecule has 0 atom stereocenters. The van der Waals surface area contributed by atoms with E-state index in [2.05, 4.69) is 15.9 Å². The molecular weight excluding hydrogens is 329 g/mol. The predicted octanol–water partition coefficient (Wildman–Crippen LogP) is 4.73. The van der Waals surface area contributed by atoms with Crippen molar-refractivity contribution in [3.8, 4) is 11.5 Å². The first-order valence-corrected chi connectivity index (χ1v) is 6.91. The SMILES string of the molecule is Cc1cccc([N+](=O)[O-])c1Oc1ccc(CBr)cc1F. The molecule has 6 heteroatoms. The number of nitro benzene ring substituents is 1. The summed E-state index contributed by atoms with van der Waals surface area (Å²) in [6, 6.07) is 9.04. The maximum atomic E-state index is 13.9. The number of ether oxygens (including phenoxy) is 1. The highest BCUT2D eigenvalue weighted by atomic mass is 79.9. The van der Waals surface area contributed by atoms with Crippen LogP contribution in [0.3, 0.4) is 0 Å². The predicted molar refractivity (Wildman–Crippen MR) is 76.9 cm³/mol. The second-order valence-corrected chi connectivity index (χ2v) is 4.74. The van der Waals surface area contributed by atoms with Gasteiger partial charge in [0, 0.05) is 11.4 Å². The van der Waals surface area contributed by atoms with Gasteiger partial charge in [-0.1, -0.05) is 34.1 Å². The summed E-state index contributed by atoms with van der Waals surface area (Å²) in [5.41, 5.74) is 1.14. The number of para-hydroxylation sites is 1. The first kappa shape index (κ1) is 14.5. The Balaban J connectivity index is 2.42. The summed E-state index contributed by atoms with van der Waals surface area (Å²) in [4.78, 5) is 10.4. The van der Waals surface area contributed by atoms with Crippen LogP contribution in [0.25, 0.3) is 0 Å². The number of rotatable bonds is 4. The summed E-state index contributed by atoms with van der Waals surface area (Å²) in [5.74, 6) is -0.533. The van der Waals surface area contributed by atoms with Gasteiger partial charge < -0.3 is 4.74 Å². The monoisotopic (exact) mass is 339 g/mol. The summed E-state index contributed by atoms with van der Waals surface area (Å²) in [7, 11) is 0. The van der Waals surface area contributed by atoms with Gasteiger partial charge in [0.2, 0.25) is 5.75 Å². The van der Waals surface area contributed by atoms with Crippen molar-refractivity contribution in [2.75, 3.05) is 0 Å². The fourth-order valence-electron chi connectivity index (χ4n) is 1.73. The molecule has 0 bridgehead atoms. The second kappa shape index (κ2) is 6.00. The Bertz CT molecular complexity index is 661. The van der Waals surface area contributed by atoms with Gasteiger partial charge in [0.25, 0.3) is 0 Å². The van der Waals surface area contributed by atoms with E-state index >= 15 is 0 Å². The van der Waals surface area contributed by atoms with E-state index in [0.29, 0.717) is 10.9 Å². The molecule has 0 spiro atoms. The maximum absolute atomic E-state index is 13.9. The van der Waals surface area contributed by atoms with Crippen LogP contribution in [0.2, 0.25) is 0 Å². The Morgan fingerprint density at radius 1 is 1.35 bits per heavy atom. The Morgan fingerprint density at radius 3 is 2.70 bits per heavy atom. The highest BCUT2D eigenvalue weighted by molar-refractivity contribution is 9.08. The van der Waals surface area contributed by atoms with Crippen LogP contribution < -0.4 is 4.74 Å². The molecule has 0 unspecified atom stereocenters. The van der Waals surface area contributed by atoms with Crippen molar-refractivity contribution in [2.45, 2.75) is 12.3 Å². The van der Waals surface area contributed by atoms with Crippen LogP contribution >= 0.6 is 15.9 Å². The fourth-order valence-corrected chi connectivity index (χ4v) is 2.08. The Morgan fingerprint density at radius 2 is 2.10 bits per heavy atom. The van der Waals surface area contributed by atoms with Crippen molar-refractivity contribution in [3.05, 3.63) is 63.5 Å². The van der Waals surface area contributed by atoms with Gasteiger partial charge in [-0.3, -0.25) is 10.1 Å². The molecule has 0 amide bonds. The standard InChI is InChI=1S/C14H11BrFNO3/c1-9-3-2-4-12(17(18)19)14(9)20-13-6-5-10(8-15)7-11(13)16/h2-7H,8H2,1H3. The van der Waals surface area contributed by atoms with Crippen molar-refractivity contribution >= 4 is 21.6 Å². The summed E-state index contributed by atoms with van der Waals surface area (Å²) in [6.07, 6.45) is 0. The van der Waals surface area contributed by atoms with Crippen LogP contribution in [0.15, 0.2) is 36.4 Å². The number of hydrogen-bond acceptors (Lipinski definition) is 3. The highest BCUT2D eigenvalue weighted by Crippen LogP contribution is 2.35. The third kappa shape index (κ3) is 2.96. The normalized spacial score (nSPS) is 10.3. The van der Waals surface area contributed by atoms with Gasteiger partial charge in [-0.05, 0) is 30.2 Å². The first-order chi connectivity index (χ1) is 9.52. The van der Waals surface area contributed by atoms with E-state index < -0.39 is 10.7 Å². The van der Waals surface area contributed by atoms with Crippen LogP contribution in [0.5, 0.6) is 11.5 Å². The summed E-state index contributed by atoms with van der Waals surface area (Å²) in [6.45, 7) is 1.67. The molecule has 0 saturated heterocycles. The number of aryl methyl sites for hydroxylation is 1. The number of halogens is 2. The smallest absolute Gasteiger partial charge is 0.311 e. The number of benzene rings is 2. The number of alkyl halides is 1. The van der Waals surface area contributed by atoms with Gasteiger partial charge in [-0.2, -0.15) is 0 Å². The lowest BCUT2D eigenvalue weighted by molar-refractivity contribution is -0.385. The lowest BCUT2D eigenvalue weighted by atomic mass is 10.2. The Hall–Kier alpha value is -1.95. The van der Waals surface area contributed by atoms with Crippen molar-refractivity contribution < 1.29 is 14.1 Å². The molecule has 20 heavy (non-hydrogen) atoms. The van der Waals surface area contributed by atoms with Crippen LogP contribution in [0, 0.1) is 22.9 Å². The molecule has 0 aliphatic rings. The quantitative estimate of drug-likeness (QED) is 0.459. The second-order valence-electron chi connectivity index (χ2n) is 4.18. The van der Waals surface area contributed by atoms with E-state index in [1.54, 1.807) is 25.1 Å². The third-order valence-corrected chi connectivity index (χ3v) is 3.40.